The number of thioether (sulfide) groups is 1. The number of ether oxygens (including phenoxy) is 2. The molecule has 1 saturated heterocycles. The molecule has 1 aliphatic heterocycles. The van der Waals surface area contributed by atoms with Gasteiger partial charge in [-0.05, 0) is 36.0 Å². The van der Waals surface area contributed by atoms with E-state index in [0.717, 1.165) is 16.7 Å². The van der Waals surface area contributed by atoms with Gasteiger partial charge < -0.3 is 14.8 Å². The largest absolute Gasteiger partial charge is 0.497 e. The summed E-state index contributed by atoms with van der Waals surface area (Å²) in [5, 5.41) is 2.18. The summed E-state index contributed by atoms with van der Waals surface area (Å²) in [6.07, 6.45) is 1.35. The molecule has 9 heteroatoms. The second-order valence-corrected chi connectivity index (χ2v) is 7.17. The lowest BCUT2D eigenvalue weighted by Gasteiger charge is -2.14. The second kappa shape index (κ2) is 9.45. The van der Waals surface area contributed by atoms with Crippen molar-refractivity contribution >= 4 is 34.9 Å². The fourth-order valence-electron chi connectivity index (χ4n) is 2.79. The number of methoxy groups -OCH3 is 2. The quantitative estimate of drug-likeness (QED) is 0.679. The lowest BCUT2D eigenvalue weighted by atomic mass is 10.1. The molecule has 2 aromatic carbocycles. The normalized spacial score (nSPS) is 14.9. The van der Waals surface area contributed by atoms with Gasteiger partial charge in [0.05, 0.1) is 24.7 Å². The molecule has 0 spiro atoms. The van der Waals surface area contributed by atoms with Crippen LogP contribution in [0.1, 0.15) is 15.9 Å². The Morgan fingerprint density at radius 3 is 2.63 bits per heavy atom. The Morgan fingerprint density at radius 2 is 1.93 bits per heavy atom. The van der Waals surface area contributed by atoms with E-state index in [0.29, 0.717) is 17.1 Å². The van der Waals surface area contributed by atoms with Crippen molar-refractivity contribution in [2.45, 2.75) is 0 Å². The Bertz CT molecular complexity index is 1020. The monoisotopic (exact) mass is 430 g/mol. The van der Waals surface area contributed by atoms with Gasteiger partial charge in [0, 0.05) is 24.7 Å². The highest BCUT2D eigenvalue weighted by molar-refractivity contribution is 8.18. The van der Waals surface area contributed by atoms with Crippen LogP contribution in [0, 0.1) is 5.82 Å². The Labute approximate surface area is 176 Å². The minimum absolute atomic E-state index is 0.0104. The summed E-state index contributed by atoms with van der Waals surface area (Å²) in [5.74, 6) is -0.536. The molecule has 30 heavy (non-hydrogen) atoms. The second-order valence-electron chi connectivity index (χ2n) is 6.18. The number of rotatable bonds is 7. The van der Waals surface area contributed by atoms with Crippen LogP contribution in [0.2, 0.25) is 0 Å². The lowest BCUT2D eigenvalue weighted by Crippen LogP contribution is -2.37. The van der Waals surface area contributed by atoms with Crippen molar-refractivity contribution in [3.8, 4) is 11.5 Å². The number of nitrogens with one attached hydrogen (secondary N) is 1. The lowest BCUT2D eigenvalue weighted by molar-refractivity contribution is -0.122. The number of nitrogens with zero attached hydrogens (tertiary/aromatic N) is 1. The Morgan fingerprint density at radius 1 is 1.17 bits per heavy atom. The summed E-state index contributed by atoms with van der Waals surface area (Å²) in [6.45, 7) is 0.0442. The Balaban J connectivity index is 1.62. The maximum absolute atomic E-state index is 13.8. The van der Waals surface area contributed by atoms with Crippen molar-refractivity contribution in [3.63, 3.8) is 0 Å². The number of halogens is 1. The molecule has 0 aliphatic carbocycles. The van der Waals surface area contributed by atoms with Gasteiger partial charge in [-0.3, -0.25) is 19.3 Å². The average molecular weight is 430 g/mol. The number of benzene rings is 2. The maximum Gasteiger partial charge on any atom is 0.293 e. The zero-order chi connectivity index (χ0) is 21.7. The molecule has 0 unspecified atom stereocenters. The minimum atomic E-state index is -0.524. The van der Waals surface area contributed by atoms with Crippen molar-refractivity contribution in [2.24, 2.45) is 0 Å². The molecule has 3 amide bonds. The van der Waals surface area contributed by atoms with Gasteiger partial charge in [0.15, 0.2) is 0 Å². The fourth-order valence-corrected chi connectivity index (χ4v) is 3.64. The zero-order valence-corrected chi connectivity index (χ0v) is 17.1. The molecule has 0 aromatic heterocycles. The van der Waals surface area contributed by atoms with Gasteiger partial charge in [-0.2, -0.15) is 0 Å². The first-order chi connectivity index (χ1) is 14.4. The summed E-state index contributed by atoms with van der Waals surface area (Å²) >= 11 is 0.736. The van der Waals surface area contributed by atoms with Crippen molar-refractivity contribution in [1.82, 2.24) is 10.2 Å². The standard InChI is InChI=1S/C21H19FN2O5S/c1-28-14-7-8-15(17(12-14)29-2)19(25)23-9-10-24-20(26)18(30-21(24)27)11-13-5-3-4-6-16(13)22/h3-8,11-12H,9-10H2,1-2H3,(H,23,25)/b18-11-. The van der Waals surface area contributed by atoms with Gasteiger partial charge in [-0.1, -0.05) is 18.2 Å². The highest BCUT2D eigenvalue weighted by Crippen LogP contribution is 2.32. The SMILES string of the molecule is COc1ccc(C(=O)NCCN2C(=O)S/C(=C\c3ccccc3F)C2=O)c(OC)c1. The molecule has 1 aliphatic rings. The van der Waals surface area contributed by atoms with Gasteiger partial charge >= 0.3 is 0 Å². The van der Waals surface area contributed by atoms with Crippen LogP contribution in [0.15, 0.2) is 47.4 Å². The number of amides is 3. The third-order valence-electron chi connectivity index (χ3n) is 4.34. The Hall–Kier alpha value is -3.33. The molecule has 0 bridgehead atoms. The Kier molecular flexibility index (Phi) is 6.73. The predicted octanol–water partition coefficient (Wildman–Crippen LogP) is 3.31. The van der Waals surface area contributed by atoms with Gasteiger partial charge in [0.25, 0.3) is 17.1 Å². The molecule has 0 saturated carbocycles. The van der Waals surface area contributed by atoms with E-state index in [1.165, 1.54) is 32.4 Å². The fraction of sp³-hybridized carbons (Fsp3) is 0.190. The van der Waals surface area contributed by atoms with E-state index in [4.69, 9.17) is 9.47 Å². The van der Waals surface area contributed by atoms with E-state index < -0.39 is 22.9 Å². The van der Waals surface area contributed by atoms with E-state index in [1.807, 2.05) is 0 Å². The van der Waals surface area contributed by atoms with Crippen LogP contribution in [-0.4, -0.2) is 49.3 Å². The average Bonchev–Trinajstić information content (AvgIpc) is 3.02. The molecule has 1 heterocycles. The predicted molar refractivity (Wildman–Crippen MR) is 111 cm³/mol. The van der Waals surface area contributed by atoms with Crippen molar-refractivity contribution in [1.29, 1.82) is 0 Å². The van der Waals surface area contributed by atoms with E-state index in [1.54, 1.807) is 30.3 Å². The molecule has 1 fully saturated rings. The molecule has 3 rings (SSSR count). The first kappa shape index (κ1) is 21.4. The number of carbonyl (C=O) groups excluding carboxylic acids is 3. The van der Waals surface area contributed by atoms with Crippen molar-refractivity contribution in [3.05, 3.63) is 64.3 Å². The van der Waals surface area contributed by atoms with Gasteiger partial charge in [-0.15, -0.1) is 0 Å². The van der Waals surface area contributed by atoms with Gasteiger partial charge in [0.2, 0.25) is 0 Å². The third kappa shape index (κ3) is 4.62. The van der Waals surface area contributed by atoms with E-state index >= 15 is 0 Å². The third-order valence-corrected chi connectivity index (χ3v) is 5.25. The molecule has 2 aromatic rings. The van der Waals surface area contributed by atoms with Gasteiger partial charge in [-0.25, -0.2) is 4.39 Å². The minimum Gasteiger partial charge on any atom is -0.497 e. The van der Waals surface area contributed by atoms with Crippen LogP contribution in [0.4, 0.5) is 9.18 Å². The maximum atomic E-state index is 13.8. The molecular weight excluding hydrogens is 411 g/mol. The van der Waals surface area contributed by atoms with Crippen LogP contribution in [-0.2, 0) is 4.79 Å². The summed E-state index contributed by atoms with van der Waals surface area (Å²) in [7, 11) is 2.94. The zero-order valence-electron chi connectivity index (χ0n) is 16.3. The van der Waals surface area contributed by atoms with Crippen LogP contribution in [0.5, 0.6) is 11.5 Å². The van der Waals surface area contributed by atoms with Gasteiger partial charge in [0.1, 0.15) is 17.3 Å². The van der Waals surface area contributed by atoms with Crippen molar-refractivity contribution < 1.29 is 28.2 Å². The van der Waals surface area contributed by atoms with E-state index in [-0.39, 0.29) is 23.6 Å². The van der Waals surface area contributed by atoms with E-state index in [2.05, 4.69) is 5.32 Å². The number of carbonyl (C=O) groups is 3. The number of imide groups is 1. The van der Waals surface area contributed by atoms with Crippen molar-refractivity contribution in [2.75, 3.05) is 27.3 Å². The smallest absolute Gasteiger partial charge is 0.293 e. The van der Waals surface area contributed by atoms with Crippen LogP contribution in [0.25, 0.3) is 6.08 Å². The number of hydrogen-bond acceptors (Lipinski definition) is 6. The molecule has 0 radical (unpaired) electrons. The summed E-state index contributed by atoms with van der Waals surface area (Å²) in [5.41, 5.74) is 0.523. The molecular formula is C21H19FN2O5S. The van der Waals surface area contributed by atoms with Crippen LogP contribution in [0.3, 0.4) is 0 Å². The molecule has 7 nitrogen and oxygen atoms in total. The first-order valence-electron chi connectivity index (χ1n) is 8.94. The number of hydrogen-bond donors (Lipinski definition) is 1. The molecule has 156 valence electrons. The van der Waals surface area contributed by atoms with E-state index in [9.17, 15) is 18.8 Å². The first-order valence-corrected chi connectivity index (χ1v) is 9.76. The molecule has 0 atom stereocenters. The van der Waals surface area contributed by atoms with Crippen LogP contribution < -0.4 is 14.8 Å². The highest BCUT2D eigenvalue weighted by atomic mass is 32.2. The topological polar surface area (TPSA) is 84.9 Å². The summed E-state index contributed by atoms with van der Waals surface area (Å²) in [4.78, 5) is 38.2. The van der Waals surface area contributed by atoms with Crippen LogP contribution >= 0.6 is 11.8 Å². The highest BCUT2D eigenvalue weighted by Gasteiger charge is 2.34. The summed E-state index contributed by atoms with van der Waals surface area (Å²) < 4.78 is 24.1. The summed E-state index contributed by atoms with van der Waals surface area (Å²) in [6, 6.07) is 10.7. The molecule has 1 N–H and O–H groups in total.